The number of methoxy groups -OCH3 is 1. The number of rotatable bonds is 4. The molecule has 0 amide bonds. The molecule has 1 atom stereocenters. The molecule has 2 N–H and O–H groups in total. The summed E-state index contributed by atoms with van der Waals surface area (Å²) < 4.78 is 5.12. The minimum absolute atomic E-state index is 0.527. The van der Waals surface area contributed by atoms with E-state index in [0.717, 1.165) is 18.8 Å². The number of aromatic nitrogens is 2. The number of hydrogen-bond acceptors (Lipinski definition) is 5. The Bertz CT molecular complexity index is 364. The van der Waals surface area contributed by atoms with Crippen LogP contribution in [0.5, 0.6) is 5.88 Å². The molecule has 1 aromatic rings. The first-order valence-electron chi connectivity index (χ1n) is 6.15. The molecule has 0 saturated carbocycles. The van der Waals surface area contributed by atoms with Gasteiger partial charge in [-0.2, -0.15) is 4.98 Å². The Hall–Kier alpha value is -1.36. The quantitative estimate of drug-likeness (QED) is 0.826. The van der Waals surface area contributed by atoms with Gasteiger partial charge in [0.25, 0.3) is 0 Å². The molecule has 94 valence electrons. The zero-order valence-electron chi connectivity index (χ0n) is 10.5. The van der Waals surface area contributed by atoms with Gasteiger partial charge in [-0.15, -0.1) is 0 Å². The van der Waals surface area contributed by atoms with E-state index in [9.17, 15) is 0 Å². The molecule has 1 aliphatic heterocycles. The van der Waals surface area contributed by atoms with E-state index < -0.39 is 0 Å². The summed E-state index contributed by atoms with van der Waals surface area (Å²) in [6.45, 7) is 3.92. The number of piperidine rings is 1. The van der Waals surface area contributed by atoms with Gasteiger partial charge in [0.2, 0.25) is 11.8 Å². The number of nitrogens with zero attached hydrogens (tertiary/aromatic N) is 2. The number of anilines is 1. The fraction of sp³-hybridized carbons (Fsp3) is 0.667. The maximum atomic E-state index is 5.12. The van der Waals surface area contributed by atoms with E-state index in [0.29, 0.717) is 17.9 Å². The lowest BCUT2D eigenvalue weighted by atomic mass is 10.1. The highest BCUT2D eigenvalue weighted by atomic mass is 16.5. The van der Waals surface area contributed by atoms with Crippen molar-refractivity contribution in [3.8, 4) is 5.88 Å². The molecule has 0 aromatic carbocycles. The van der Waals surface area contributed by atoms with Crippen LogP contribution in [0.2, 0.25) is 0 Å². The van der Waals surface area contributed by atoms with Gasteiger partial charge in [0.1, 0.15) is 0 Å². The van der Waals surface area contributed by atoms with E-state index in [1.54, 1.807) is 7.11 Å². The number of ether oxygens (including phenoxy) is 1. The van der Waals surface area contributed by atoms with Crippen molar-refractivity contribution in [1.29, 1.82) is 0 Å². The van der Waals surface area contributed by atoms with Crippen molar-refractivity contribution < 1.29 is 4.74 Å². The van der Waals surface area contributed by atoms with Crippen LogP contribution >= 0.6 is 0 Å². The normalized spacial score (nSPS) is 20.0. The molecule has 5 nitrogen and oxygen atoms in total. The zero-order chi connectivity index (χ0) is 12.1. The molecule has 1 aromatic heterocycles. The van der Waals surface area contributed by atoms with Crippen molar-refractivity contribution in [1.82, 2.24) is 15.3 Å². The lowest BCUT2D eigenvalue weighted by Crippen LogP contribution is -2.39. The van der Waals surface area contributed by atoms with E-state index in [1.165, 1.54) is 19.3 Å². The summed E-state index contributed by atoms with van der Waals surface area (Å²) in [5, 5.41) is 6.75. The second kappa shape index (κ2) is 5.82. The molecular weight excluding hydrogens is 216 g/mol. The van der Waals surface area contributed by atoms with Crippen LogP contribution in [0, 0.1) is 6.92 Å². The van der Waals surface area contributed by atoms with Crippen molar-refractivity contribution in [3.63, 3.8) is 0 Å². The van der Waals surface area contributed by atoms with E-state index >= 15 is 0 Å². The molecule has 1 aliphatic rings. The lowest BCUT2D eigenvalue weighted by molar-refractivity contribution is 0.395. The summed E-state index contributed by atoms with van der Waals surface area (Å²) in [5.41, 5.74) is 0.913. The Morgan fingerprint density at radius 3 is 3.06 bits per heavy atom. The molecule has 0 bridgehead atoms. The van der Waals surface area contributed by atoms with E-state index in [4.69, 9.17) is 4.74 Å². The van der Waals surface area contributed by atoms with E-state index in [2.05, 4.69) is 20.6 Å². The summed E-state index contributed by atoms with van der Waals surface area (Å²) in [4.78, 5) is 8.60. The maximum absolute atomic E-state index is 5.12. The Morgan fingerprint density at radius 1 is 1.47 bits per heavy atom. The monoisotopic (exact) mass is 236 g/mol. The van der Waals surface area contributed by atoms with Crippen molar-refractivity contribution in [3.05, 3.63) is 11.8 Å². The smallest absolute Gasteiger partial charge is 0.226 e. The summed E-state index contributed by atoms with van der Waals surface area (Å²) in [6.07, 6.45) is 3.80. The molecule has 2 heterocycles. The molecule has 17 heavy (non-hydrogen) atoms. The van der Waals surface area contributed by atoms with Crippen molar-refractivity contribution in [2.45, 2.75) is 32.2 Å². The Balaban J connectivity index is 1.91. The van der Waals surface area contributed by atoms with Crippen LogP contribution < -0.4 is 15.4 Å². The van der Waals surface area contributed by atoms with Gasteiger partial charge in [-0.05, 0) is 26.3 Å². The van der Waals surface area contributed by atoms with Gasteiger partial charge in [0.15, 0.2) is 0 Å². The first kappa shape index (κ1) is 12.1. The van der Waals surface area contributed by atoms with E-state index in [1.807, 2.05) is 13.0 Å². The number of aryl methyl sites for hydroxylation is 1. The van der Waals surface area contributed by atoms with Crippen LogP contribution in [-0.2, 0) is 0 Å². The molecule has 1 unspecified atom stereocenters. The van der Waals surface area contributed by atoms with Gasteiger partial charge in [0, 0.05) is 24.3 Å². The Kier molecular flexibility index (Phi) is 4.14. The fourth-order valence-corrected chi connectivity index (χ4v) is 2.04. The lowest BCUT2D eigenvalue weighted by Gasteiger charge is -2.23. The molecule has 0 spiro atoms. The second-order valence-corrected chi connectivity index (χ2v) is 4.40. The highest BCUT2D eigenvalue weighted by molar-refractivity contribution is 5.30. The van der Waals surface area contributed by atoms with Crippen LogP contribution in [0.4, 0.5) is 5.95 Å². The number of hydrogen-bond donors (Lipinski definition) is 2. The molecule has 2 rings (SSSR count). The summed E-state index contributed by atoms with van der Waals surface area (Å²) in [7, 11) is 1.62. The first-order chi connectivity index (χ1) is 8.28. The van der Waals surface area contributed by atoms with Crippen molar-refractivity contribution in [2.24, 2.45) is 0 Å². The third kappa shape index (κ3) is 3.56. The van der Waals surface area contributed by atoms with Crippen molar-refractivity contribution >= 4 is 5.95 Å². The van der Waals surface area contributed by atoms with Gasteiger partial charge in [-0.25, -0.2) is 4.98 Å². The average Bonchev–Trinajstić information content (AvgIpc) is 2.37. The molecule has 0 radical (unpaired) electrons. The predicted octanol–water partition coefficient (Wildman–Crippen LogP) is 1.35. The van der Waals surface area contributed by atoms with Gasteiger partial charge in [0.05, 0.1) is 7.11 Å². The first-order valence-corrected chi connectivity index (χ1v) is 6.15. The van der Waals surface area contributed by atoms with Gasteiger partial charge >= 0.3 is 0 Å². The third-order valence-corrected chi connectivity index (χ3v) is 2.96. The topological polar surface area (TPSA) is 59.1 Å². The van der Waals surface area contributed by atoms with Gasteiger partial charge in [-0.3, -0.25) is 0 Å². The largest absolute Gasteiger partial charge is 0.481 e. The minimum atomic E-state index is 0.527. The molecule has 1 saturated heterocycles. The average molecular weight is 236 g/mol. The van der Waals surface area contributed by atoms with Gasteiger partial charge in [-0.1, -0.05) is 6.42 Å². The van der Waals surface area contributed by atoms with Crippen LogP contribution in [0.25, 0.3) is 0 Å². The minimum Gasteiger partial charge on any atom is -0.481 e. The second-order valence-electron chi connectivity index (χ2n) is 4.40. The molecule has 1 fully saturated rings. The maximum Gasteiger partial charge on any atom is 0.226 e. The molecule has 5 heteroatoms. The molecular formula is C12H20N4O. The van der Waals surface area contributed by atoms with Crippen LogP contribution in [0.15, 0.2) is 6.07 Å². The SMILES string of the molecule is COc1cc(C)nc(NCC2CCCCN2)n1. The summed E-state index contributed by atoms with van der Waals surface area (Å²) in [6, 6.07) is 2.35. The predicted molar refractivity (Wildman–Crippen MR) is 67.5 cm³/mol. The third-order valence-electron chi connectivity index (χ3n) is 2.96. The Labute approximate surface area is 102 Å². The fourth-order valence-electron chi connectivity index (χ4n) is 2.04. The van der Waals surface area contributed by atoms with E-state index in [-0.39, 0.29) is 0 Å². The highest BCUT2D eigenvalue weighted by Gasteiger charge is 2.12. The summed E-state index contributed by atoms with van der Waals surface area (Å²) >= 11 is 0. The van der Waals surface area contributed by atoms with Crippen LogP contribution in [0.3, 0.4) is 0 Å². The highest BCUT2D eigenvalue weighted by Crippen LogP contribution is 2.12. The van der Waals surface area contributed by atoms with Crippen molar-refractivity contribution in [2.75, 3.05) is 25.5 Å². The van der Waals surface area contributed by atoms with Gasteiger partial charge < -0.3 is 15.4 Å². The Morgan fingerprint density at radius 2 is 2.35 bits per heavy atom. The zero-order valence-corrected chi connectivity index (χ0v) is 10.5. The molecule has 0 aliphatic carbocycles. The van der Waals surface area contributed by atoms with Crippen LogP contribution in [-0.4, -0.2) is 36.2 Å². The standard InChI is InChI=1S/C12H20N4O/c1-9-7-11(17-2)16-12(15-9)14-8-10-5-3-4-6-13-10/h7,10,13H,3-6,8H2,1-2H3,(H,14,15,16). The van der Waals surface area contributed by atoms with Crippen LogP contribution in [0.1, 0.15) is 25.0 Å². The summed E-state index contributed by atoms with van der Waals surface area (Å²) in [5.74, 6) is 1.26. The number of nitrogens with one attached hydrogen (secondary N) is 2.